The number of fused-ring (bicyclic) bond motifs is 4. The fourth-order valence-electron chi connectivity index (χ4n) is 3.75. The maximum absolute atomic E-state index is 12.8. The van der Waals surface area contributed by atoms with E-state index >= 15 is 0 Å². The maximum Gasteiger partial charge on any atom is 0.261 e. The average Bonchev–Trinajstić information content (AvgIpc) is 3.26. The van der Waals surface area contributed by atoms with Crippen LogP contribution in [0.5, 0.6) is 5.75 Å². The van der Waals surface area contributed by atoms with Gasteiger partial charge in [0, 0.05) is 16.0 Å². The molecule has 4 heteroatoms. The molecule has 25 heavy (non-hydrogen) atoms. The summed E-state index contributed by atoms with van der Waals surface area (Å²) < 4.78 is 5.80. The van der Waals surface area contributed by atoms with Crippen molar-refractivity contribution in [1.82, 2.24) is 5.32 Å². The molecule has 0 spiro atoms. The summed E-state index contributed by atoms with van der Waals surface area (Å²) in [5, 5.41) is 3.22. The first-order chi connectivity index (χ1) is 12.3. The molecule has 0 radical (unpaired) electrons. The predicted octanol–water partition coefficient (Wildman–Crippen LogP) is 4.72. The van der Waals surface area contributed by atoms with E-state index in [1.807, 2.05) is 30.3 Å². The summed E-state index contributed by atoms with van der Waals surface area (Å²) in [6.07, 6.45) is 2.01. The molecule has 2 aliphatic rings. The molecule has 0 fully saturated rings. The van der Waals surface area contributed by atoms with Gasteiger partial charge in [0.1, 0.15) is 12.4 Å². The van der Waals surface area contributed by atoms with Gasteiger partial charge in [0.25, 0.3) is 5.91 Å². The molecule has 1 atom stereocenters. The van der Waals surface area contributed by atoms with E-state index in [-0.39, 0.29) is 11.9 Å². The van der Waals surface area contributed by atoms with Crippen LogP contribution >= 0.6 is 11.3 Å². The molecule has 124 valence electrons. The Labute approximate surface area is 150 Å². The van der Waals surface area contributed by atoms with Gasteiger partial charge in [-0.05, 0) is 42.2 Å². The van der Waals surface area contributed by atoms with E-state index in [1.54, 1.807) is 11.3 Å². The van der Waals surface area contributed by atoms with Gasteiger partial charge in [0.15, 0.2) is 0 Å². The quantitative estimate of drug-likeness (QED) is 0.728. The monoisotopic (exact) mass is 347 g/mol. The second-order valence-electron chi connectivity index (χ2n) is 6.51. The lowest BCUT2D eigenvalue weighted by Gasteiger charge is -2.16. The van der Waals surface area contributed by atoms with Crippen LogP contribution < -0.4 is 10.1 Å². The van der Waals surface area contributed by atoms with Gasteiger partial charge in [-0.3, -0.25) is 4.79 Å². The maximum atomic E-state index is 12.8. The number of benzene rings is 2. The second-order valence-corrected chi connectivity index (χ2v) is 7.57. The standard InChI is InChI=1S/C21H17NO2S/c23-21(22-17-10-9-13-5-1-2-6-15(13)17)19-11-14-12-24-18-8-4-3-7-16(18)20(14)25-19/h1-8,11,17H,9-10,12H2,(H,22,23)/t17-/m1/s1. The van der Waals surface area contributed by atoms with Crippen molar-refractivity contribution in [2.45, 2.75) is 25.5 Å². The van der Waals surface area contributed by atoms with Gasteiger partial charge in [-0.25, -0.2) is 0 Å². The summed E-state index contributed by atoms with van der Waals surface area (Å²) in [6.45, 7) is 0.530. The number of hydrogen-bond acceptors (Lipinski definition) is 3. The van der Waals surface area contributed by atoms with Gasteiger partial charge < -0.3 is 10.1 Å². The molecule has 0 unspecified atom stereocenters. The SMILES string of the molecule is O=C(N[C@@H]1CCc2ccccc21)c1cc2c(s1)-c1ccccc1OC2. The Morgan fingerprint density at radius 2 is 1.92 bits per heavy atom. The summed E-state index contributed by atoms with van der Waals surface area (Å²) >= 11 is 1.56. The van der Waals surface area contributed by atoms with Crippen molar-refractivity contribution in [3.05, 3.63) is 76.2 Å². The van der Waals surface area contributed by atoms with E-state index in [4.69, 9.17) is 4.74 Å². The first-order valence-corrected chi connectivity index (χ1v) is 9.35. The third-order valence-electron chi connectivity index (χ3n) is 4.99. The zero-order chi connectivity index (χ0) is 16.8. The molecular weight excluding hydrogens is 330 g/mol. The number of rotatable bonds is 2. The van der Waals surface area contributed by atoms with E-state index in [1.165, 1.54) is 11.1 Å². The molecule has 5 rings (SSSR count). The van der Waals surface area contributed by atoms with Crippen molar-refractivity contribution >= 4 is 17.2 Å². The minimum absolute atomic E-state index is 0.0126. The number of thiophene rings is 1. The molecule has 2 aromatic carbocycles. The van der Waals surface area contributed by atoms with Crippen molar-refractivity contribution in [2.75, 3.05) is 0 Å². The highest BCUT2D eigenvalue weighted by atomic mass is 32.1. The zero-order valence-electron chi connectivity index (χ0n) is 13.6. The van der Waals surface area contributed by atoms with Gasteiger partial charge in [-0.15, -0.1) is 11.3 Å². The van der Waals surface area contributed by atoms with Crippen molar-refractivity contribution in [2.24, 2.45) is 0 Å². The Balaban J connectivity index is 1.42. The lowest BCUT2D eigenvalue weighted by Crippen LogP contribution is -2.26. The van der Waals surface area contributed by atoms with E-state index < -0.39 is 0 Å². The molecule has 0 bridgehead atoms. The highest BCUT2D eigenvalue weighted by Crippen LogP contribution is 2.42. The number of para-hydroxylation sites is 1. The molecule has 3 nitrogen and oxygen atoms in total. The normalized spacial score (nSPS) is 17.2. The molecule has 1 aliphatic heterocycles. The summed E-state index contributed by atoms with van der Waals surface area (Å²) in [4.78, 5) is 14.7. The number of hydrogen-bond donors (Lipinski definition) is 1. The topological polar surface area (TPSA) is 38.3 Å². The average molecular weight is 347 g/mol. The Hall–Kier alpha value is -2.59. The molecule has 0 saturated heterocycles. The van der Waals surface area contributed by atoms with Crippen LogP contribution in [0.25, 0.3) is 10.4 Å². The van der Waals surface area contributed by atoms with Crippen molar-refractivity contribution in [3.8, 4) is 16.2 Å². The summed E-state index contributed by atoms with van der Waals surface area (Å²) in [5.74, 6) is 0.909. The molecule has 2 heterocycles. The van der Waals surface area contributed by atoms with Crippen molar-refractivity contribution < 1.29 is 9.53 Å². The summed E-state index contributed by atoms with van der Waals surface area (Å²) in [6, 6.07) is 18.5. The van der Waals surface area contributed by atoms with Crippen LogP contribution in [0.2, 0.25) is 0 Å². The molecule has 1 aliphatic carbocycles. The number of carbonyl (C=O) groups is 1. The van der Waals surface area contributed by atoms with Gasteiger partial charge in [-0.2, -0.15) is 0 Å². The van der Waals surface area contributed by atoms with E-state index in [2.05, 4.69) is 29.6 Å². The summed E-state index contributed by atoms with van der Waals surface area (Å²) in [5.41, 5.74) is 4.78. The minimum Gasteiger partial charge on any atom is -0.488 e. The van der Waals surface area contributed by atoms with E-state index in [0.717, 1.165) is 39.5 Å². The van der Waals surface area contributed by atoms with Crippen LogP contribution in [0, 0.1) is 0 Å². The third-order valence-corrected chi connectivity index (χ3v) is 6.20. The number of nitrogens with one attached hydrogen (secondary N) is 1. The van der Waals surface area contributed by atoms with E-state index in [0.29, 0.717) is 6.61 Å². The molecule has 1 aromatic heterocycles. The zero-order valence-corrected chi connectivity index (χ0v) is 14.4. The van der Waals surface area contributed by atoms with Crippen LogP contribution in [0.4, 0.5) is 0 Å². The lowest BCUT2D eigenvalue weighted by atomic mass is 10.1. The summed E-state index contributed by atoms with van der Waals surface area (Å²) in [7, 11) is 0. The molecule has 0 saturated carbocycles. The van der Waals surface area contributed by atoms with Gasteiger partial charge in [-0.1, -0.05) is 36.4 Å². The van der Waals surface area contributed by atoms with Gasteiger partial charge >= 0.3 is 0 Å². The Kier molecular flexibility index (Phi) is 3.38. The smallest absolute Gasteiger partial charge is 0.261 e. The van der Waals surface area contributed by atoms with E-state index in [9.17, 15) is 4.79 Å². The van der Waals surface area contributed by atoms with Crippen LogP contribution in [-0.2, 0) is 13.0 Å². The van der Waals surface area contributed by atoms with Crippen LogP contribution in [0.1, 0.15) is 38.8 Å². The highest BCUT2D eigenvalue weighted by Gasteiger charge is 2.26. The second kappa shape index (κ2) is 5.74. The fraction of sp³-hybridized carbons (Fsp3) is 0.190. The molecular formula is C21H17NO2S. The first kappa shape index (κ1) is 14.7. The Morgan fingerprint density at radius 3 is 2.88 bits per heavy atom. The molecule has 3 aromatic rings. The first-order valence-electron chi connectivity index (χ1n) is 8.53. The van der Waals surface area contributed by atoms with Crippen molar-refractivity contribution in [3.63, 3.8) is 0 Å². The fourth-order valence-corrected chi connectivity index (χ4v) is 4.85. The Morgan fingerprint density at radius 1 is 1.08 bits per heavy atom. The number of aryl methyl sites for hydroxylation is 1. The van der Waals surface area contributed by atoms with Crippen LogP contribution in [-0.4, -0.2) is 5.91 Å². The predicted molar refractivity (Wildman–Crippen MR) is 99.1 cm³/mol. The van der Waals surface area contributed by atoms with Gasteiger partial charge in [0.2, 0.25) is 0 Å². The Bertz CT molecular complexity index is 976. The largest absolute Gasteiger partial charge is 0.488 e. The number of carbonyl (C=O) groups excluding carboxylic acids is 1. The minimum atomic E-state index is 0.0126. The molecule has 1 amide bonds. The number of ether oxygens (including phenoxy) is 1. The van der Waals surface area contributed by atoms with Crippen LogP contribution in [0.3, 0.4) is 0 Å². The van der Waals surface area contributed by atoms with Crippen LogP contribution in [0.15, 0.2) is 54.6 Å². The number of amides is 1. The molecule has 1 N–H and O–H groups in total. The van der Waals surface area contributed by atoms with Gasteiger partial charge in [0.05, 0.1) is 10.9 Å². The lowest BCUT2D eigenvalue weighted by molar-refractivity contribution is 0.0940. The third kappa shape index (κ3) is 2.45. The highest BCUT2D eigenvalue weighted by molar-refractivity contribution is 7.17. The van der Waals surface area contributed by atoms with Crippen molar-refractivity contribution in [1.29, 1.82) is 0 Å².